The first-order valence-corrected chi connectivity index (χ1v) is 14.9. The minimum Gasteiger partial charge on any atom is -0.478 e. The fourth-order valence-corrected chi connectivity index (χ4v) is 6.69. The van der Waals surface area contributed by atoms with Crippen molar-refractivity contribution in [1.29, 1.82) is 0 Å². The lowest BCUT2D eigenvalue weighted by atomic mass is 9.78. The zero-order chi connectivity index (χ0) is 31.8. The van der Waals surface area contributed by atoms with Gasteiger partial charge in [-0.25, -0.2) is 14.2 Å². The fourth-order valence-electron chi connectivity index (χ4n) is 6.52. The van der Waals surface area contributed by atoms with Crippen molar-refractivity contribution in [2.75, 3.05) is 31.6 Å². The Hall–Kier alpha value is -4.74. The van der Waals surface area contributed by atoms with Gasteiger partial charge in [-0.3, -0.25) is 9.59 Å². The summed E-state index contributed by atoms with van der Waals surface area (Å²) in [5.74, 6) is -3.76. The number of primary amides is 1. The van der Waals surface area contributed by atoms with Crippen LogP contribution in [0.4, 0.5) is 10.1 Å². The number of fused-ring (bicyclic) bond motifs is 1. The predicted molar refractivity (Wildman–Crippen MR) is 165 cm³/mol. The van der Waals surface area contributed by atoms with Crippen molar-refractivity contribution in [3.8, 4) is 5.69 Å². The first-order chi connectivity index (χ1) is 21.7. The molecule has 3 N–H and O–H groups in total. The van der Waals surface area contributed by atoms with Crippen LogP contribution >= 0.6 is 11.6 Å². The first kappa shape index (κ1) is 30.3. The van der Waals surface area contributed by atoms with Crippen LogP contribution in [0.25, 0.3) is 5.69 Å². The number of aromatic nitrogens is 2. The highest BCUT2D eigenvalue weighted by atomic mass is 35.5. The van der Waals surface area contributed by atoms with E-state index < -0.39 is 35.6 Å². The molecule has 0 bridgehead atoms. The lowest BCUT2D eigenvalue weighted by molar-refractivity contribution is -0.123. The summed E-state index contributed by atoms with van der Waals surface area (Å²) in [6.07, 6.45) is 4.39. The molecule has 1 unspecified atom stereocenters. The van der Waals surface area contributed by atoms with Gasteiger partial charge in [0.05, 0.1) is 22.4 Å². The quantitative estimate of drug-likeness (QED) is 0.300. The highest BCUT2D eigenvalue weighted by molar-refractivity contribution is 6.30. The van der Waals surface area contributed by atoms with Crippen molar-refractivity contribution in [3.63, 3.8) is 0 Å². The SMILES string of the molecule is COC1CCN(c2cccc3c2C(c2ccccc2C(=O)O)CN(C(=O)c2cn(-c4cccc(Cl)c4F)cn2)[C@@H]3C(N)=O)CC1. The second kappa shape index (κ2) is 12.3. The average Bonchev–Trinajstić information content (AvgIpc) is 3.54. The van der Waals surface area contributed by atoms with Crippen LogP contribution in [0.1, 0.15) is 62.3 Å². The summed E-state index contributed by atoms with van der Waals surface area (Å²) in [5.41, 5.74) is 8.75. The molecule has 2 atom stereocenters. The van der Waals surface area contributed by atoms with Crippen LogP contribution in [-0.4, -0.2) is 70.2 Å². The molecule has 1 fully saturated rings. The van der Waals surface area contributed by atoms with Crippen molar-refractivity contribution in [2.24, 2.45) is 5.73 Å². The van der Waals surface area contributed by atoms with Crippen LogP contribution in [0.2, 0.25) is 5.02 Å². The summed E-state index contributed by atoms with van der Waals surface area (Å²) < 4.78 is 21.7. The molecule has 232 valence electrons. The highest BCUT2D eigenvalue weighted by Crippen LogP contribution is 2.46. The van der Waals surface area contributed by atoms with Crippen LogP contribution in [0.5, 0.6) is 0 Å². The molecule has 2 aliphatic heterocycles. The molecule has 12 heteroatoms. The van der Waals surface area contributed by atoms with Gasteiger partial charge in [-0.05, 0) is 53.8 Å². The smallest absolute Gasteiger partial charge is 0.335 e. The number of methoxy groups -OCH3 is 1. The molecule has 1 saturated heterocycles. The molecule has 2 amide bonds. The van der Waals surface area contributed by atoms with Gasteiger partial charge in [0.15, 0.2) is 5.82 Å². The molecule has 1 aromatic heterocycles. The maximum atomic E-state index is 14.8. The summed E-state index contributed by atoms with van der Waals surface area (Å²) >= 11 is 5.96. The van der Waals surface area contributed by atoms with E-state index in [4.69, 9.17) is 22.1 Å². The number of carboxylic acids is 1. The largest absolute Gasteiger partial charge is 0.478 e. The molecule has 0 saturated carbocycles. The van der Waals surface area contributed by atoms with Gasteiger partial charge in [-0.15, -0.1) is 0 Å². The third kappa shape index (κ3) is 5.53. The number of nitrogens with two attached hydrogens (primary N) is 1. The molecule has 0 spiro atoms. The molecule has 3 aromatic carbocycles. The van der Waals surface area contributed by atoms with E-state index >= 15 is 0 Å². The standard InChI is InChI=1S/C33H31ClFN5O5/c1-45-19-12-14-38(15-13-19)26-10-4-8-22-28(26)23(20-6-2-3-7-21(20)33(43)44)16-40(30(22)31(36)41)32(42)25-17-39(18-37-25)27-11-5-9-24(34)29(27)35/h2-11,17-19,23,30H,12-16H2,1H3,(H2,36,41)(H,43,44)/t23?,30-/m0/s1. The molecule has 45 heavy (non-hydrogen) atoms. The van der Waals surface area contributed by atoms with Gasteiger partial charge in [0.1, 0.15) is 18.1 Å². The van der Waals surface area contributed by atoms with Gasteiger partial charge in [-0.2, -0.15) is 0 Å². The van der Waals surface area contributed by atoms with Gasteiger partial charge in [0.25, 0.3) is 5.91 Å². The number of rotatable bonds is 7. The van der Waals surface area contributed by atoms with E-state index in [1.165, 1.54) is 40.2 Å². The second-order valence-electron chi connectivity index (χ2n) is 11.1. The van der Waals surface area contributed by atoms with Crippen LogP contribution in [0.3, 0.4) is 0 Å². The number of halogens is 2. The van der Waals surface area contributed by atoms with E-state index in [1.807, 2.05) is 12.1 Å². The number of hydrogen-bond donors (Lipinski definition) is 2. The summed E-state index contributed by atoms with van der Waals surface area (Å²) in [6.45, 7) is 1.35. The Kier molecular flexibility index (Phi) is 8.30. The fraction of sp³-hybridized carbons (Fsp3) is 0.273. The molecule has 6 rings (SSSR count). The number of benzene rings is 3. The van der Waals surface area contributed by atoms with E-state index in [9.17, 15) is 23.9 Å². The van der Waals surface area contributed by atoms with Gasteiger partial charge in [0, 0.05) is 44.5 Å². The van der Waals surface area contributed by atoms with Crippen LogP contribution in [0.15, 0.2) is 73.2 Å². The number of aromatic carboxylic acids is 1. The lowest BCUT2D eigenvalue weighted by Gasteiger charge is -2.43. The Labute approximate surface area is 263 Å². The minimum atomic E-state index is -1.16. The van der Waals surface area contributed by atoms with Gasteiger partial charge in [-0.1, -0.05) is 48.0 Å². The summed E-state index contributed by atoms with van der Waals surface area (Å²) in [7, 11) is 1.70. The Morgan fingerprint density at radius 3 is 2.40 bits per heavy atom. The number of amides is 2. The number of imidazole rings is 1. The number of carboxylic acid groups (broad SMARTS) is 1. The molecule has 0 aliphatic carbocycles. The molecular weight excluding hydrogens is 601 g/mol. The number of anilines is 1. The average molecular weight is 632 g/mol. The summed E-state index contributed by atoms with van der Waals surface area (Å²) in [5, 5.41) is 10.0. The third-order valence-corrected chi connectivity index (χ3v) is 8.97. The Bertz CT molecular complexity index is 1790. The van der Waals surface area contributed by atoms with E-state index in [1.54, 1.807) is 37.4 Å². The number of hydrogen-bond acceptors (Lipinski definition) is 6. The zero-order valence-electron chi connectivity index (χ0n) is 24.4. The monoisotopic (exact) mass is 631 g/mol. The number of carbonyl (C=O) groups excluding carboxylic acids is 2. The van der Waals surface area contributed by atoms with E-state index in [-0.39, 0.29) is 34.6 Å². The normalized spacial score (nSPS) is 18.5. The number of carbonyl (C=O) groups is 3. The lowest BCUT2D eigenvalue weighted by Crippen LogP contribution is -2.48. The maximum absolute atomic E-state index is 14.8. The van der Waals surface area contributed by atoms with Crippen molar-refractivity contribution in [1.82, 2.24) is 14.5 Å². The maximum Gasteiger partial charge on any atom is 0.335 e. The van der Waals surface area contributed by atoms with Crippen molar-refractivity contribution >= 4 is 35.1 Å². The highest BCUT2D eigenvalue weighted by Gasteiger charge is 2.43. The van der Waals surface area contributed by atoms with E-state index in [2.05, 4.69) is 9.88 Å². The van der Waals surface area contributed by atoms with Crippen LogP contribution < -0.4 is 10.6 Å². The Morgan fingerprint density at radius 1 is 1.00 bits per heavy atom. The molecular formula is C33H31ClFN5O5. The molecule has 2 aliphatic rings. The van der Waals surface area contributed by atoms with Crippen molar-refractivity contribution in [2.45, 2.75) is 30.9 Å². The molecule has 0 radical (unpaired) electrons. The number of nitrogens with zero attached hydrogens (tertiary/aromatic N) is 4. The molecule has 4 aromatic rings. The summed E-state index contributed by atoms with van der Waals surface area (Å²) in [6, 6.07) is 15.5. The van der Waals surface area contributed by atoms with Crippen molar-refractivity contribution in [3.05, 3.63) is 112 Å². The minimum absolute atomic E-state index is 0.0479. The van der Waals surface area contributed by atoms with E-state index in [0.29, 0.717) is 24.2 Å². The number of piperidine rings is 1. The second-order valence-corrected chi connectivity index (χ2v) is 11.6. The zero-order valence-corrected chi connectivity index (χ0v) is 25.2. The van der Waals surface area contributed by atoms with Gasteiger partial charge < -0.3 is 29.9 Å². The van der Waals surface area contributed by atoms with Crippen molar-refractivity contribution < 1.29 is 28.6 Å². The van der Waals surface area contributed by atoms with Crippen LogP contribution in [-0.2, 0) is 9.53 Å². The molecule has 3 heterocycles. The Morgan fingerprint density at radius 2 is 1.69 bits per heavy atom. The van der Waals surface area contributed by atoms with E-state index in [0.717, 1.165) is 24.1 Å². The molecule has 10 nitrogen and oxygen atoms in total. The topological polar surface area (TPSA) is 131 Å². The number of ether oxygens (including phenoxy) is 1. The van der Waals surface area contributed by atoms with Gasteiger partial charge in [0.2, 0.25) is 5.91 Å². The predicted octanol–water partition coefficient (Wildman–Crippen LogP) is 4.79. The Balaban J connectivity index is 1.47. The summed E-state index contributed by atoms with van der Waals surface area (Å²) in [4.78, 5) is 47.5. The van der Waals surface area contributed by atoms with Crippen LogP contribution in [0, 0.1) is 5.82 Å². The first-order valence-electron chi connectivity index (χ1n) is 14.5. The third-order valence-electron chi connectivity index (χ3n) is 8.67. The van der Waals surface area contributed by atoms with Gasteiger partial charge >= 0.3 is 5.97 Å².